The number of hydrogen-bond donors (Lipinski definition) is 0. The van der Waals surface area contributed by atoms with Crippen molar-refractivity contribution in [1.29, 1.82) is 0 Å². The predicted octanol–water partition coefficient (Wildman–Crippen LogP) is 6.00. The van der Waals surface area contributed by atoms with Crippen LogP contribution in [-0.4, -0.2) is 24.8 Å². The fourth-order valence-corrected chi connectivity index (χ4v) is 6.14. The minimum Gasteiger partial charge on any atom is -0.340 e. The van der Waals surface area contributed by atoms with E-state index in [2.05, 4.69) is 46.8 Å². The van der Waals surface area contributed by atoms with E-state index in [9.17, 15) is 9.59 Å². The maximum Gasteiger partial charge on any atom is 0.222 e. The molecule has 1 saturated heterocycles. The van der Waals surface area contributed by atoms with Gasteiger partial charge in [0.1, 0.15) is 17.5 Å². The number of rotatable bonds is 3. The lowest BCUT2D eigenvalue weighted by Gasteiger charge is -2.43. The second-order valence-corrected chi connectivity index (χ2v) is 11.6. The number of ether oxygens (including phenoxy) is 2. The third kappa shape index (κ3) is 3.67. The zero-order valence-electron chi connectivity index (χ0n) is 21.1. The van der Waals surface area contributed by atoms with E-state index < -0.39 is 11.7 Å². The van der Waals surface area contributed by atoms with Crippen molar-refractivity contribution in [2.75, 3.05) is 13.2 Å². The summed E-state index contributed by atoms with van der Waals surface area (Å²) in [4.78, 5) is 24.9. The molecule has 4 nitrogen and oxygen atoms in total. The summed E-state index contributed by atoms with van der Waals surface area (Å²) in [5, 5.41) is 0. The van der Waals surface area contributed by atoms with E-state index in [4.69, 9.17) is 9.47 Å². The Balaban J connectivity index is 1.60. The minimum absolute atomic E-state index is 0.0301. The van der Waals surface area contributed by atoms with Gasteiger partial charge in [0.25, 0.3) is 0 Å². The maximum absolute atomic E-state index is 12.5. The SMILES string of the molecule is Cc1cc2c(cc1C1(c3ccc(C4C(=O)CCCC4=O)cc3)OCCO1)C(C)(C)CCC2(C)C. The van der Waals surface area contributed by atoms with E-state index in [-0.39, 0.29) is 22.4 Å². The summed E-state index contributed by atoms with van der Waals surface area (Å²) in [6.45, 7) is 12.5. The molecule has 1 saturated carbocycles. The maximum atomic E-state index is 12.5. The van der Waals surface area contributed by atoms with E-state index >= 15 is 0 Å². The summed E-state index contributed by atoms with van der Waals surface area (Å²) in [5.41, 5.74) is 6.90. The summed E-state index contributed by atoms with van der Waals surface area (Å²) in [6.07, 6.45) is 3.94. The Morgan fingerprint density at radius 1 is 0.765 bits per heavy atom. The molecule has 0 N–H and O–H groups in total. The fraction of sp³-hybridized carbons (Fsp3) is 0.533. The molecule has 0 aromatic heterocycles. The molecular weight excluding hydrogens is 424 g/mol. The monoisotopic (exact) mass is 460 g/mol. The first-order chi connectivity index (χ1) is 16.1. The number of carbonyl (C=O) groups is 2. The van der Waals surface area contributed by atoms with Crippen molar-refractivity contribution in [1.82, 2.24) is 0 Å². The van der Waals surface area contributed by atoms with Crippen molar-refractivity contribution in [2.24, 2.45) is 0 Å². The Morgan fingerprint density at radius 2 is 1.29 bits per heavy atom. The molecule has 0 radical (unpaired) electrons. The lowest BCUT2D eigenvalue weighted by atomic mass is 9.62. The summed E-state index contributed by atoms with van der Waals surface area (Å²) < 4.78 is 12.8. The molecule has 34 heavy (non-hydrogen) atoms. The lowest BCUT2D eigenvalue weighted by molar-refractivity contribution is -0.131. The van der Waals surface area contributed by atoms with Gasteiger partial charge < -0.3 is 9.47 Å². The third-order valence-electron chi connectivity index (χ3n) is 8.36. The van der Waals surface area contributed by atoms with Crippen molar-refractivity contribution >= 4 is 11.6 Å². The van der Waals surface area contributed by atoms with Crippen LogP contribution < -0.4 is 0 Å². The zero-order chi connectivity index (χ0) is 24.3. The van der Waals surface area contributed by atoms with Crippen LogP contribution in [0.3, 0.4) is 0 Å². The number of aryl methyl sites for hydroxylation is 1. The van der Waals surface area contributed by atoms with Gasteiger partial charge >= 0.3 is 0 Å². The first-order valence-corrected chi connectivity index (χ1v) is 12.7. The number of benzene rings is 2. The van der Waals surface area contributed by atoms with Crippen molar-refractivity contribution in [2.45, 2.75) is 89.3 Å². The summed E-state index contributed by atoms with van der Waals surface area (Å²) in [5.74, 6) is -1.54. The van der Waals surface area contributed by atoms with E-state index in [0.717, 1.165) is 28.7 Å². The van der Waals surface area contributed by atoms with Crippen LogP contribution in [0, 0.1) is 6.92 Å². The quantitative estimate of drug-likeness (QED) is 0.527. The van der Waals surface area contributed by atoms with Gasteiger partial charge in [-0.3, -0.25) is 9.59 Å². The summed E-state index contributed by atoms with van der Waals surface area (Å²) in [6, 6.07) is 12.4. The van der Waals surface area contributed by atoms with Gasteiger partial charge in [-0.1, -0.05) is 58.0 Å². The van der Waals surface area contributed by atoms with E-state index in [0.29, 0.717) is 32.5 Å². The number of carbonyl (C=O) groups excluding carboxylic acids is 2. The molecule has 1 aliphatic heterocycles. The first-order valence-electron chi connectivity index (χ1n) is 12.7. The van der Waals surface area contributed by atoms with Gasteiger partial charge in [0.2, 0.25) is 5.79 Å². The van der Waals surface area contributed by atoms with Crippen LogP contribution in [0.4, 0.5) is 0 Å². The van der Waals surface area contributed by atoms with Crippen LogP contribution in [0.25, 0.3) is 0 Å². The van der Waals surface area contributed by atoms with Gasteiger partial charge in [0, 0.05) is 24.0 Å². The number of ketones is 2. The third-order valence-corrected chi connectivity index (χ3v) is 8.36. The topological polar surface area (TPSA) is 52.6 Å². The molecule has 2 aliphatic carbocycles. The Bertz CT molecular complexity index is 1120. The van der Waals surface area contributed by atoms with Crippen molar-refractivity contribution < 1.29 is 19.1 Å². The highest BCUT2D eigenvalue weighted by Gasteiger charge is 2.45. The minimum atomic E-state index is -0.976. The Kier molecular flexibility index (Phi) is 5.61. The number of fused-ring (bicyclic) bond motifs is 1. The molecule has 0 amide bonds. The molecule has 4 heteroatoms. The molecular formula is C30H36O4. The summed E-state index contributed by atoms with van der Waals surface area (Å²) >= 11 is 0. The molecule has 5 rings (SSSR count). The fourth-order valence-electron chi connectivity index (χ4n) is 6.14. The van der Waals surface area contributed by atoms with Crippen LogP contribution in [0.5, 0.6) is 0 Å². The predicted molar refractivity (Wildman–Crippen MR) is 132 cm³/mol. The van der Waals surface area contributed by atoms with E-state index in [1.807, 2.05) is 24.3 Å². The zero-order valence-corrected chi connectivity index (χ0v) is 21.1. The highest BCUT2D eigenvalue weighted by molar-refractivity contribution is 6.09. The lowest BCUT2D eigenvalue weighted by Crippen LogP contribution is -2.36. The van der Waals surface area contributed by atoms with E-state index in [1.54, 1.807) is 0 Å². The standard InChI is InChI=1S/C30H36O4/c1-19-17-23-24(29(4,5)14-13-28(23,2)3)18-22(19)30(33-15-16-34-30)21-11-9-20(10-12-21)27-25(31)7-6-8-26(27)32/h9-12,17-18,27H,6-8,13-16H2,1-5H3. The van der Waals surface area contributed by atoms with Crippen molar-refractivity contribution in [3.05, 3.63) is 69.8 Å². The smallest absolute Gasteiger partial charge is 0.222 e. The Morgan fingerprint density at radius 3 is 1.85 bits per heavy atom. The normalized spacial score (nSPS) is 23.7. The average Bonchev–Trinajstić information content (AvgIpc) is 3.28. The van der Waals surface area contributed by atoms with Crippen molar-refractivity contribution in [3.8, 4) is 0 Å². The van der Waals surface area contributed by atoms with Gasteiger partial charge in [0.05, 0.1) is 13.2 Å². The molecule has 2 aromatic rings. The average molecular weight is 461 g/mol. The Hall–Kier alpha value is -2.30. The molecule has 0 atom stereocenters. The molecule has 2 fully saturated rings. The van der Waals surface area contributed by atoms with Crippen LogP contribution in [-0.2, 0) is 35.7 Å². The molecule has 1 heterocycles. The second-order valence-electron chi connectivity index (χ2n) is 11.6. The van der Waals surface area contributed by atoms with Crippen LogP contribution in [0.2, 0.25) is 0 Å². The van der Waals surface area contributed by atoms with Gasteiger partial charge in [-0.2, -0.15) is 0 Å². The van der Waals surface area contributed by atoms with Gasteiger partial charge in [-0.15, -0.1) is 0 Å². The molecule has 0 bridgehead atoms. The highest BCUT2D eigenvalue weighted by atomic mass is 16.7. The molecule has 180 valence electrons. The van der Waals surface area contributed by atoms with Gasteiger partial charge in [0.15, 0.2) is 0 Å². The van der Waals surface area contributed by atoms with Gasteiger partial charge in [-0.05, 0) is 65.3 Å². The van der Waals surface area contributed by atoms with Crippen molar-refractivity contribution in [3.63, 3.8) is 0 Å². The largest absolute Gasteiger partial charge is 0.340 e. The van der Waals surface area contributed by atoms with Crippen LogP contribution in [0.1, 0.15) is 99.1 Å². The highest BCUT2D eigenvalue weighted by Crippen LogP contribution is 2.49. The van der Waals surface area contributed by atoms with Crippen LogP contribution in [0.15, 0.2) is 36.4 Å². The Labute approximate surface area is 203 Å². The molecule has 0 spiro atoms. The van der Waals surface area contributed by atoms with Gasteiger partial charge in [-0.25, -0.2) is 0 Å². The second kappa shape index (κ2) is 8.13. The molecule has 2 aromatic carbocycles. The molecule has 0 unspecified atom stereocenters. The first kappa shape index (κ1) is 23.4. The number of Topliss-reactive ketones (excluding diaryl/α,β-unsaturated/α-hetero) is 2. The van der Waals surface area contributed by atoms with Crippen LogP contribution >= 0.6 is 0 Å². The van der Waals surface area contributed by atoms with E-state index in [1.165, 1.54) is 17.5 Å². The number of hydrogen-bond acceptors (Lipinski definition) is 4. The molecule has 3 aliphatic rings. The summed E-state index contributed by atoms with van der Waals surface area (Å²) in [7, 11) is 0.